The van der Waals surface area contributed by atoms with Gasteiger partial charge in [-0.2, -0.15) is 0 Å². The van der Waals surface area contributed by atoms with Gasteiger partial charge in [-0.25, -0.2) is 0 Å². The first-order valence-electron chi connectivity index (χ1n) is 10.9. The van der Waals surface area contributed by atoms with Gasteiger partial charge in [0.25, 0.3) is 23.6 Å². The summed E-state index contributed by atoms with van der Waals surface area (Å²) in [4.78, 5) is 60.0. The zero-order chi connectivity index (χ0) is 25.1. The first-order chi connectivity index (χ1) is 16.2. The largest absolute Gasteiger partial charge is 0.379 e. The Balaban J connectivity index is 1.79. The summed E-state index contributed by atoms with van der Waals surface area (Å²) in [5, 5.41) is 2.53. The van der Waals surface area contributed by atoms with Crippen molar-refractivity contribution in [3.63, 3.8) is 0 Å². The van der Waals surface area contributed by atoms with E-state index >= 15 is 0 Å². The van der Waals surface area contributed by atoms with E-state index in [4.69, 9.17) is 9.47 Å². The average molecular weight is 498 g/mol. The molecule has 188 valence electrons. The van der Waals surface area contributed by atoms with Crippen LogP contribution >= 0.6 is 7.29 Å². The van der Waals surface area contributed by atoms with Gasteiger partial charge in [0.1, 0.15) is 0 Å². The van der Waals surface area contributed by atoms with Crippen LogP contribution in [0.4, 0.5) is 0 Å². The number of rotatable bonds is 16. The zero-order valence-corrected chi connectivity index (χ0v) is 20.3. The van der Waals surface area contributed by atoms with Gasteiger partial charge in [-0.3, -0.25) is 38.4 Å². The SMILES string of the molecule is CNC(=O)CCN(C)P(=O)(CCOCCN1C(=O)C=CC1=O)CCOCCN1C(=O)C=CC1=O. The summed E-state index contributed by atoms with van der Waals surface area (Å²) >= 11 is 0. The monoisotopic (exact) mass is 498 g/mol. The van der Waals surface area contributed by atoms with Crippen molar-refractivity contribution in [2.75, 3.05) is 72.5 Å². The minimum Gasteiger partial charge on any atom is -0.379 e. The smallest absolute Gasteiger partial charge is 0.253 e. The van der Waals surface area contributed by atoms with Crippen LogP contribution in [0.1, 0.15) is 6.42 Å². The normalized spacial score (nSPS) is 16.0. The molecule has 2 heterocycles. The number of imide groups is 2. The summed E-state index contributed by atoms with van der Waals surface area (Å²) in [5.41, 5.74) is 0. The van der Waals surface area contributed by atoms with E-state index in [1.165, 1.54) is 31.4 Å². The van der Waals surface area contributed by atoms with Crippen molar-refractivity contribution in [1.82, 2.24) is 19.8 Å². The summed E-state index contributed by atoms with van der Waals surface area (Å²) in [6, 6.07) is 0. The number of hydrogen-bond donors (Lipinski definition) is 1. The highest BCUT2D eigenvalue weighted by Gasteiger charge is 2.28. The molecule has 2 rings (SSSR count). The zero-order valence-electron chi connectivity index (χ0n) is 19.4. The van der Waals surface area contributed by atoms with Crippen molar-refractivity contribution < 1.29 is 38.0 Å². The minimum atomic E-state index is -2.97. The van der Waals surface area contributed by atoms with Crippen LogP contribution in [0.25, 0.3) is 0 Å². The maximum atomic E-state index is 13.6. The quantitative estimate of drug-likeness (QED) is 0.165. The van der Waals surface area contributed by atoms with Gasteiger partial charge in [0.05, 0.1) is 39.5 Å². The van der Waals surface area contributed by atoms with Crippen LogP contribution in [0.5, 0.6) is 0 Å². The second-order valence-corrected chi connectivity index (χ2v) is 10.9. The highest BCUT2D eigenvalue weighted by atomic mass is 31.2. The van der Waals surface area contributed by atoms with E-state index < -0.39 is 30.9 Å². The number of carbonyl (C=O) groups is 5. The first kappa shape index (κ1) is 27.6. The topological polar surface area (TPSA) is 143 Å². The van der Waals surface area contributed by atoms with Crippen molar-refractivity contribution in [1.29, 1.82) is 0 Å². The molecule has 12 nitrogen and oxygen atoms in total. The lowest BCUT2D eigenvalue weighted by Gasteiger charge is -2.28. The van der Waals surface area contributed by atoms with Crippen molar-refractivity contribution in [2.24, 2.45) is 0 Å². The number of nitrogens with one attached hydrogen (secondary N) is 1. The third-order valence-corrected chi connectivity index (χ3v) is 8.66. The molecule has 13 heteroatoms. The third kappa shape index (κ3) is 7.98. The van der Waals surface area contributed by atoms with Gasteiger partial charge in [0.15, 0.2) is 7.29 Å². The second-order valence-electron chi connectivity index (χ2n) is 7.65. The van der Waals surface area contributed by atoms with Crippen LogP contribution in [0.15, 0.2) is 24.3 Å². The lowest BCUT2D eigenvalue weighted by molar-refractivity contribution is -0.139. The Morgan fingerprint density at radius 3 is 1.65 bits per heavy atom. The fourth-order valence-corrected chi connectivity index (χ4v) is 5.46. The Bertz CT molecular complexity index is 811. The highest BCUT2D eigenvalue weighted by molar-refractivity contribution is 7.61. The van der Waals surface area contributed by atoms with Crippen molar-refractivity contribution in [3.8, 4) is 0 Å². The van der Waals surface area contributed by atoms with Crippen LogP contribution in [0.2, 0.25) is 0 Å². The molecule has 0 aromatic heterocycles. The summed E-state index contributed by atoms with van der Waals surface area (Å²) in [6.07, 6.45) is 5.35. The van der Waals surface area contributed by atoms with Gasteiger partial charge >= 0.3 is 0 Å². The Labute approximate surface area is 198 Å². The van der Waals surface area contributed by atoms with E-state index in [1.54, 1.807) is 11.7 Å². The van der Waals surface area contributed by atoms with Crippen LogP contribution in [0, 0.1) is 0 Å². The minimum absolute atomic E-state index is 0.105. The lowest BCUT2D eigenvalue weighted by atomic mass is 10.4. The Morgan fingerprint density at radius 2 is 1.26 bits per heavy atom. The predicted molar refractivity (Wildman–Crippen MR) is 122 cm³/mol. The van der Waals surface area contributed by atoms with Gasteiger partial charge < -0.3 is 19.4 Å². The molecular formula is C21H31N4O8P. The number of amides is 5. The van der Waals surface area contributed by atoms with Crippen molar-refractivity contribution in [3.05, 3.63) is 24.3 Å². The van der Waals surface area contributed by atoms with Crippen LogP contribution in [-0.4, -0.2) is 116 Å². The van der Waals surface area contributed by atoms with Crippen LogP contribution in [0.3, 0.4) is 0 Å². The standard InChI is InChI=1S/C21H31N4O8P/c1-22-17(26)7-8-23(2)34(31,15-13-32-11-9-24-18(27)3-4-19(24)28)16-14-33-12-10-25-20(29)5-6-21(25)30/h3-6H,7-16H2,1-2H3,(H,22,26). The van der Waals surface area contributed by atoms with Gasteiger partial charge in [-0.05, 0) is 7.05 Å². The summed E-state index contributed by atoms with van der Waals surface area (Å²) < 4.78 is 26.3. The molecule has 1 N–H and O–H groups in total. The molecule has 2 aliphatic heterocycles. The Kier molecular flexibility index (Phi) is 10.8. The fourth-order valence-electron chi connectivity index (χ4n) is 3.26. The van der Waals surface area contributed by atoms with E-state index in [-0.39, 0.29) is 70.7 Å². The molecule has 0 saturated heterocycles. The maximum absolute atomic E-state index is 13.6. The molecule has 2 aliphatic rings. The van der Waals surface area contributed by atoms with E-state index in [2.05, 4.69) is 5.32 Å². The van der Waals surface area contributed by atoms with E-state index in [0.717, 1.165) is 9.80 Å². The molecule has 0 saturated carbocycles. The van der Waals surface area contributed by atoms with Gasteiger partial charge in [0, 0.05) is 56.6 Å². The van der Waals surface area contributed by atoms with Crippen molar-refractivity contribution >= 4 is 36.8 Å². The van der Waals surface area contributed by atoms with E-state index in [1.807, 2.05) is 0 Å². The second kappa shape index (κ2) is 13.3. The predicted octanol–water partition coefficient (Wildman–Crippen LogP) is -0.784. The fraction of sp³-hybridized carbons (Fsp3) is 0.571. The molecule has 0 aliphatic carbocycles. The molecule has 0 bridgehead atoms. The molecule has 0 spiro atoms. The molecule has 34 heavy (non-hydrogen) atoms. The Hall–Kier alpha value is -2.66. The van der Waals surface area contributed by atoms with Crippen LogP contribution in [-0.2, 0) is 38.0 Å². The number of ether oxygens (including phenoxy) is 2. The molecular weight excluding hydrogens is 467 g/mol. The summed E-state index contributed by atoms with van der Waals surface area (Å²) in [6.45, 7) is 0.983. The van der Waals surface area contributed by atoms with Crippen molar-refractivity contribution in [2.45, 2.75) is 6.42 Å². The summed E-state index contributed by atoms with van der Waals surface area (Å²) in [5.74, 6) is -1.73. The highest BCUT2D eigenvalue weighted by Crippen LogP contribution is 2.48. The molecule has 0 aromatic rings. The Morgan fingerprint density at radius 1 is 0.853 bits per heavy atom. The first-order valence-corrected chi connectivity index (χ1v) is 12.9. The summed E-state index contributed by atoms with van der Waals surface area (Å²) in [7, 11) is 0.226. The van der Waals surface area contributed by atoms with E-state index in [9.17, 15) is 28.5 Å². The van der Waals surface area contributed by atoms with Crippen LogP contribution < -0.4 is 5.32 Å². The molecule has 0 fully saturated rings. The number of carbonyl (C=O) groups excluding carboxylic acids is 5. The van der Waals surface area contributed by atoms with Gasteiger partial charge in [0.2, 0.25) is 5.91 Å². The lowest BCUT2D eigenvalue weighted by Crippen LogP contribution is -2.34. The molecule has 5 amide bonds. The average Bonchev–Trinajstić information content (AvgIpc) is 3.31. The molecule has 0 aromatic carbocycles. The molecule has 0 atom stereocenters. The number of hydrogen-bond acceptors (Lipinski definition) is 8. The third-order valence-electron chi connectivity index (χ3n) is 5.45. The molecule has 0 unspecified atom stereocenters. The van der Waals surface area contributed by atoms with Gasteiger partial charge in [-0.1, -0.05) is 0 Å². The van der Waals surface area contributed by atoms with E-state index in [0.29, 0.717) is 0 Å². The maximum Gasteiger partial charge on any atom is 0.253 e. The van der Waals surface area contributed by atoms with Gasteiger partial charge in [-0.15, -0.1) is 0 Å². The molecule has 0 radical (unpaired) electrons. The number of nitrogens with zero attached hydrogens (tertiary/aromatic N) is 3.